The third-order valence-electron chi connectivity index (χ3n) is 4.68. The average molecular weight is 315 g/mol. The number of anilines is 1. The molecule has 1 aliphatic heterocycles. The summed E-state index contributed by atoms with van der Waals surface area (Å²) in [4.78, 5) is 0. The standard InChI is InChI=1S/C22H21NO/c1-24-20-14-13-17-10-7-15-23-22(17)21(20)19-12-6-5-11-18(19)16-8-3-2-4-9-16/h2-6,8-9,11-14,23H,7,10,15H2,1H3. The summed E-state index contributed by atoms with van der Waals surface area (Å²) >= 11 is 0. The molecule has 0 radical (unpaired) electrons. The molecule has 0 fully saturated rings. The van der Waals surface area contributed by atoms with Gasteiger partial charge in [0.1, 0.15) is 5.75 Å². The molecule has 4 rings (SSSR count). The SMILES string of the molecule is COc1ccc2c(c1-c1ccccc1-c1ccccc1)NCCC2. The van der Waals surface area contributed by atoms with E-state index in [1.807, 2.05) is 0 Å². The molecule has 0 spiro atoms. The van der Waals surface area contributed by atoms with Crippen LogP contribution in [-0.4, -0.2) is 13.7 Å². The Hall–Kier alpha value is -2.74. The van der Waals surface area contributed by atoms with E-state index in [1.165, 1.54) is 39.9 Å². The quantitative estimate of drug-likeness (QED) is 0.700. The Labute approximate surface area is 143 Å². The number of nitrogens with one attached hydrogen (secondary N) is 1. The van der Waals surface area contributed by atoms with Crippen LogP contribution in [0.1, 0.15) is 12.0 Å². The van der Waals surface area contributed by atoms with Gasteiger partial charge in [0.25, 0.3) is 0 Å². The lowest BCUT2D eigenvalue weighted by molar-refractivity contribution is 0.416. The van der Waals surface area contributed by atoms with E-state index in [2.05, 4.69) is 72.0 Å². The molecule has 3 aromatic carbocycles. The van der Waals surface area contributed by atoms with Crippen molar-refractivity contribution < 1.29 is 4.74 Å². The van der Waals surface area contributed by atoms with Gasteiger partial charge in [-0.1, -0.05) is 60.7 Å². The Bertz CT molecular complexity index is 855. The summed E-state index contributed by atoms with van der Waals surface area (Å²) in [5, 5.41) is 3.60. The summed E-state index contributed by atoms with van der Waals surface area (Å²) in [5.41, 5.74) is 7.45. The van der Waals surface area contributed by atoms with Gasteiger partial charge in [0.15, 0.2) is 0 Å². The average Bonchev–Trinajstić information content (AvgIpc) is 2.68. The summed E-state index contributed by atoms with van der Waals surface area (Å²) in [6.45, 7) is 1.01. The molecule has 0 aromatic heterocycles. The van der Waals surface area contributed by atoms with Gasteiger partial charge in [-0.3, -0.25) is 0 Å². The highest BCUT2D eigenvalue weighted by Crippen LogP contribution is 2.44. The maximum atomic E-state index is 5.72. The molecular formula is C22H21NO. The zero-order valence-corrected chi connectivity index (χ0v) is 13.9. The number of benzene rings is 3. The maximum absolute atomic E-state index is 5.72. The molecule has 0 bridgehead atoms. The molecule has 0 atom stereocenters. The van der Waals surface area contributed by atoms with Gasteiger partial charge in [-0.25, -0.2) is 0 Å². The normalized spacial score (nSPS) is 13.0. The van der Waals surface area contributed by atoms with E-state index >= 15 is 0 Å². The van der Waals surface area contributed by atoms with Gasteiger partial charge >= 0.3 is 0 Å². The van der Waals surface area contributed by atoms with Crippen molar-refractivity contribution in [2.75, 3.05) is 19.0 Å². The minimum atomic E-state index is 0.923. The lowest BCUT2D eigenvalue weighted by Gasteiger charge is -2.24. The van der Waals surface area contributed by atoms with E-state index in [0.29, 0.717) is 0 Å². The van der Waals surface area contributed by atoms with Crippen molar-refractivity contribution in [3.8, 4) is 28.0 Å². The Morgan fingerprint density at radius 2 is 1.58 bits per heavy atom. The predicted molar refractivity (Wildman–Crippen MR) is 101 cm³/mol. The second-order valence-corrected chi connectivity index (χ2v) is 6.12. The van der Waals surface area contributed by atoms with E-state index in [9.17, 15) is 0 Å². The van der Waals surface area contributed by atoms with Crippen molar-refractivity contribution in [1.29, 1.82) is 0 Å². The van der Waals surface area contributed by atoms with Crippen LogP contribution in [-0.2, 0) is 6.42 Å². The van der Waals surface area contributed by atoms with Gasteiger partial charge in [-0.15, -0.1) is 0 Å². The molecule has 1 aliphatic rings. The van der Waals surface area contributed by atoms with Crippen molar-refractivity contribution in [3.63, 3.8) is 0 Å². The molecule has 120 valence electrons. The zero-order valence-electron chi connectivity index (χ0n) is 13.9. The lowest BCUT2D eigenvalue weighted by Crippen LogP contribution is -2.13. The van der Waals surface area contributed by atoms with Crippen LogP contribution in [0.15, 0.2) is 66.7 Å². The highest BCUT2D eigenvalue weighted by Gasteiger charge is 2.20. The van der Waals surface area contributed by atoms with Crippen LogP contribution in [0.4, 0.5) is 5.69 Å². The third kappa shape index (κ3) is 2.54. The van der Waals surface area contributed by atoms with Crippen molar-refractivity contribution in [2.24, 2.45) is 0 Å². The Morgan fingerprint density at radius 1 is 0.833 bits per heavy atom. The van der Waals surface area contributed by atoms with Crippen molar-refractivity contribution >= 4 is 5.69 Å². The van der Waals surface area contributed by atoms with Gasteiger partial charge in [0.2, 0.25) is 0 Å². The summed E-state index contributed by atoms with van der Waals surface area (Å²) in [6.07, 6.45) is 2.30. The maximum Gasteiger partial charge on any atom is 0.128 e. The molecule has 24 heavy (non-hydrogen) atoms. The molecule has 0 unspecified atom stereocenters. The van der Waals surface area contributed by atoms with E-state index < -0.39 is 0 Å². The van der Waals surface area contributed by atoms with Crippen LogP contribution in [0, 0.1) is 0 Å². The van der Waals surface area contributed by atoms with Crippen molar-refractivity contribution in [2.45, 2.75) is 12.8 Å². The van der Waals surface area contributed by atoms with E-state index in [-0.39, 0.29) is 0 Å². The molecule has 0 saturated heterocycles. The molecule has 1 N–H and O–H groups in total. The first kappa shape index (κ1) is 14.8. The van der Waals surface area contributed by atoms with E-state index in [1.54, 1.807) is 7.11 Å². The number of methoxy groups -OCH3 is 1. The largest absolute Gasteiger partial charge is 0.496 e. The molecule has 0 aliphatic carbocycles. The summed E-state index contributed by atoms with van der Waals surface area (Å²) in [7, 11) is 1.75. The molecule has 1 heterocycles. The topological polar surface area (TPSA) is 21.3 Å². The van der Waals surface area contributed by atoms with Crippen LogP contribution in [0.2, 0.25) is 0 Å². The summed E-state index contributed by atoms with van der Waals surface area (Å²) < 4.78 is 5.72. The fourth-order valence-corrected chi connectivity index (χ4v) is 3.54. The lowest BCUT2D eigenvalue weighted by atomic mass is 9.89. The number of hydrogen-bond donors (Lipinski definition) is 1. The fourth-order valence-electron chi connectivity index (χ4n) is 3.54. The highest BCUT2D eigenvalue weighted by atomic mass is 16.5. The van der Waals surface area contributed by atoms with Gasteiger partial charge in [-0.2, -0.15) is 0 Å². The van der Waals surface area contributed by atoms with Gasteiger partial charge in [0.05, 0.1) is 7.11 Å². The second-order valence-electron chi connectivity index (χ2n) is 6.12. The molecule has 2 heteroatoms. The first-order valence-corrected chi connectivity index (χ1v) is 8.47. The fraction of sp³-hybridized carbons (Fsp3) is 0.182. The second kappa shape index (κ2) is 6.40. The van der Waals surface area contributed by atoms with Crippen molar-refractivity contribution in [3.05, 3.63) is 72.3 Å². The number of rotatable bonds is 3. The highest BCUT2D eigenvalue weighted by molar-refractivity contribution is 5.93. The summed E-state index contributed by atoms with van der Waals surface area (Å²) in [6, 6.07) is 23.4. The van der Waals surface area contributed by atoms with Crippen LogP contribution < -0.4 is 10.1 Å². The Kier molecular flexibility index (Phi) is 3.96. The van der Waals surface area contributed by atoms with Gasteiger partial charge < -0.3 is 10.1 Å². The van der Waals surface area contributed by atoms with Crippen LogP contribution in [0.5, 0.6) is 5.75 Å². The van der Waals surface area contributed by atoms with E-state index in [4.69, 9.17) is 4.74 Å². The minimum absolute atomic E-state index is 0.923. The molecular weight excluding hydrogens is 294 g/mol. The Morgan fingerprint density at radius 3 is 2.38 bits per heavy atom. The van der Waals surface area contributed by atoms with Gasteiger partial charge in [0, 0.05) is 17.8 Å². The third-order valence-corrected chi connectivity index (χ3v) is 4.68. The predicted octanol–water partition coefficient (Wildman–Crippen LogP) is 5.39. The van der Waals surface area contributed by atoms with Gasteiger partial charge in [-0.05, 0) is 41.2 Å². The number of fused-ring (bicyclic) bond motifs is 1. The van der Waals surface area contributed by atoms with Crippen LogP contribution in [0.3, 0.4) is 0 Å². The first-order valence-electron chi connectivity index (χ1n) is 8.47. The molecule has 2 nitrogen and oxygen atoms in total. The van der Waals surface area contributed by atoms with Crippen LogP contribution in [0.25, 0.3) is 22.3 Å². The first-order chi connectivity index (χ1) is 11.9. The minimum Gasteiger partial charge on any atom is -0.496 e. The molecule has 0 saturated carbocycles. The van der Waals surface area contributed by atoms with Crippen LogP contribution >= 0.6 is 0 Å². The molecule has 0 amide bonds. The zero-order chi connectivity index (χ0) is 16.4. The smallest absolute Gasteiger partial charge is 0.128 e. The van der Waals surface area contributed by atoms with E-state index in [0.717, 1.165) is 18.7 Å². The summed E-state index contributed by atoms with van der Waals surface area (Å²) in [5.74, 6) is 0.923. The Balaban J connectivity index is 1.98. The number of ether oxygens (including phenoxy) is 1. The van der Waals surface area contributed by atoms with Crippen molar-refractivity contribution in [1.82, 2.24) is 0 Å². The molecule has 3 aromatic rings. The number of hydrogen-bond acceptors (Lipinski definition) is 2. The number of aryl methyl sites for hydroxylation is 1. The monoisotopic (exact) mass is 315 g/mol.